The summed E-state index contributed by atoms with van der Waals surface area (Å²) in [5.41, 5.74) is 0. The van der Waals surface area contributed by atoms with E-state index in [2.05, 4.69) is 5.18 Å². The van der Waals surface area contributed by atoms with Crippen molar-refractivity contribution in [2.75, 3.05) is 0 Å². The minimum absolute atomic E-state index is 0.0657. The van der Waals surface area contributed by atoms with Crippen molar-refractivity contribution < 1.29 is 5.11 Å². The Balaban J connectivity index is 3.07. The molecule has 2 atom stereocenters. The van der Waals surface area contributed by atoms with E-state index >= 15 is 0 Å². The van der Waals surface area contributed by atoms with Crippen LogP contribution in [0, 0.1) is 4.91 Å². The summed E-state index contributed by atoms with van der Waals surface area (Å²) in [6.45, 7) is 3.59. The molecule has 1 N–H and O–H groups in total. The molecule has 0 fully saturated rings. The molecule has 0 aromatic rings. The monoisotopic (exact) mass is 159 g/mol. The van der Waals surface area contributed by atoms with Crippen molar-refractivity contribution in [2.24, 2.45) is 5.18 Å². The van der Waals surface area contributed by atoms with Gasteiger partial charge in [0.25, 0.3) is 0 Å². The van der Waals surface area contributed by atoms with Gasteiger partial charge in [0.05, 0.1) is 12.1 Å². The smallest absolute Gasteiger partial charge is 0.0891 e. The van der Waals surface area contributed by atoms with E-state index in [-0.39, 0.29) is 12.1 Å². The Labute approximate surface area is 67.8 Å². The van der Waals surface area contributed by atoms with Gasteiger partial charge in [-0.25, -0.2) is 0 Å². The first-order valence-electron chi connectivity index (χ1n) is 4.17. The summed E-state index contributed by atoms with van der Waals surface area (Å²) >= 11 is 0. The number of unbranched alkanes of at least 4 members (excludes halogenated alkanes) is 1. The highest BCUT2D eigenvalue weighted by molar-refractivity contribution is 4.58. The Kier molecular flexibility index (Phi) is 6.03. The largest absolute Gasteiger partial charge is 0.393 e. The number of nitroso groups, excluding NO2 is 1. The lowest BCUT2D eigenvalue weighted by Crippen LogP contribution is -2.00. The van der Waals surface area contributed by atoms with Gasteiger partial charge in [0.1, 0.15) is 0 Å². The average Bonchev–Trinajstić information content (AvgIpc) is 1.97. The number of aliphatic hydroxyl groups is 1. The second-order valence-electron chi connectivity index (χ2n) is 3.09. The van der Waals surface area contributed by atoms with Crippen LogP contribution >= 0.6 is 0 Å². The van der Waals surface area contributed by atoms with Gasteiger partial charge in [-0.05, 0) is 26.7 Å². The number of hydrogen-bond acceptors (Lipinski definition) is 3. The summed E-state index contributed by atoms with van der Waals surface area (Å²) < 4.78 is 0. The Morgan fingerprint density at radius 2 is 1.82 bits per heavy atom. The molecular weight excluding hydrogens is 142 g/mol. The van der Waals surface area contributed by atoms with Crippen molar-refractivity contribution in [3.8, 4) is 0 Å². The van der Waals surface area contributed by atoms with Crippen molar-refractivity contribution in [3.63, 3.8) is 0 Å². The molecule has 1 unspecified atom stereocenters. The maximum absolute atomic E-state index is 9.93. The maximum Gasteiger partial charge on any atom is 0.0891 e. The molecule has 0 saturated carbocycles. The lowest BCUT2D eigenvalue weighted by molar-refractivity contribution is 0.180. The molecule has 3 heteroatoms. The van der Waals surface area contributed by atoms with Gasteiger partial charge in [-0.3, -0.25) is 0 Å². The molecule has 11 heavy (non-hydrogen) atoms. The van der Waals surface area contributed by atoms with Crippen molar-refractivity contribution in [1.29, 1.82) is 0 Å². The van der Waals surface area contributed by atoms with Gasteiger partial charge in [-0.15, -0.1) is 0 Å². The summed E-state index contributed by atoms with van der Waals surface area (Å²) in [4.78, 5) is 9.93. The van der Waals surface area contributed by atoms with Crippen LogP contribution in [-0.4, -0.2) is 17.3 Å². The number of hydrogen-bond donors (Lipinski definition) is 1. The first-order valence-corrected chi connectivity index (χ1v) is 4.17. The normalized spacial score (nSPS) is 15.9. The molecule has 66 valence electrons. The first kappa shape index (κ1) is 10.6. The first-order chi connectivity index (χ1) is 5.16. The third-order valence-corrected chi connectivity index (χ3v) is 1.67. The van der Waals surface area contributed by atoms with Gasteiger partial charge >= 0.3 is 0 Å². The number of nitrogens with zero attached hydrogens (tertiary/aromatic N) is 1. The standard InChI is InChI=1S/C8H17NO2/c1-7(9-11)5-3-4-6-8(2)10/h7-8,10H,3-6H2,1-2H3/t7?,8-/m1/s1. The fourth-order valence-corrected chi connectivity index (χ4v) is 0.932. The van der Waals surface area contributed by atoms with Crippen LogP contribution in [0.25, 0.3) is 0 Å². The second kappa shape index (κ2) is 6.28. The summed E-state index contributed by atoms with van der Waals surface area (Å²) in [6.07, 6.45) is 3.42. The molecule has 0 spiro atoms. The van der Waals surface area contributed by atoms with Gasteiger partial charge in [0.2, 0.25) is 0 Å². The summed E-state index contributed by atoms with van der Waals surface area (Å²) in [6, 6.07) is -0.0657. The van der Waals surface area contributed by atoms with Crippen LogP contribution in [0.1, 0.15) is 39.5 Å². The average molecular weight is 159 g/mol. The summed E-state index contributed by atoms with van der Waals surface area (Å²) in [5.74, 6) is 0. The van der Waals surface area contributed by atoms with Crippen molar-refractivity contribution in [2.45, 2.75) is 51.7 Å². The SMILES string of the molecule is CC(CCCC[C@@H](C)O)N=O. The van der Waals surface area contributed by atoms with Gasteiger partial charge in [0.15, 0.2) is 0 Å². The molecule has 0 amide bonds. The van der Waals surface area contributed by atoms with Gasteiger partial charge in [-0.2, -0.15) is 4.91 Å². The van der Waals surface area contributed by atoms with E-state index in [1.807, 2.05) is 6.92 Å². The Hall–Kier alpha value is -0.440. The fourth-order valence-electron chi connectivity index (χ4n) is 0.932. The third-order valence-electron chi connectivity index (χ3n) is 1.67. The van der Waals surface area contributed by atoms with Crippen LogP contribution in [0.5, 0.6) is 0 Å². The zero-order chi connectivity index (χ0) is 8.69. The molecule has 0 bridgehead atoms. The molecule has 0 heterocycles. The molecule has 3 nitrogen and oxygen atoms in total. The van der Waals surface area contributed by atoms with Crippen molar-refractivity contribution in [3.05, 3.63) is 4.91 Å². The summed E-state index contributed by atoms with van der Waals surface area (Å²) in [5, 5.41) is 11.8. The molecule has 0 saturated heterocycles. The Morgan fingerprint density at radius 1 is 1.27 bits per heavy atom. The quantitative estimate of drug-likeness (QED) is 0.476. The van der Waals surface area contributed by atoms with Crippen LogP contribution < -0.4 is 0 Å². The highest BCUT2D eigenvalue weighted by Gasteiger charge is 2.00. The minimum atomic E-state index is -0.213. The predicted molar refractivity (Wildman–Crippen MR) is 45.4 cm³/mol. The lowest BCUT2D eigenvalue weighted by Gasteiger charge is -2.04. The van der Waals surface area contributed by atoms with Gasteiger partial charge in [0, 0.05) is 0 Å². The van der Waals surface area contributed by atoms with E-state index < -0.39 is 0 Å². The van der Waals surface area contributed by atoms with Crippen LogP contribution in [0.15, 0.2) is 5.18 Å². The van der Waals surface area contributed by atoms with Crippen LogP contribution in [-0.2, 0) is 0 Å². The predicted octanol–water partition coefficient (Wildman–Crippen LogP) is 2.08. The van der Waals surface area contributed by atoms with E-state index in [1.165, 1.54) is 0 Å². The maximum atomic E-state index is 9.93. The fraction of sp³-hybridized carbons (Fsp3) is 1.00. The number of aliphatic hydroxyl groups excluding tert-OH is 1. The van der Waals surface area contributed by atoms with Crippen molar-refractivity contribution >= 4 is 0 Å². The molecule has 0 aromatic heterocycles. The highest BCUT2D eigenvalue weighted by Crippen LogP contribution is 2.07. The van der Waals surface area contributed by atoms with Crippen molar-refractivity contribution in [1.82, 2.24) is 0 Å². The summed E-state index contributed by atoms with van der Waals surface area (Å²) in [7, 11) is 0. The van der Waals surface area contributed by atoms with E-state index in [0.717, 1.165) is 25.7 Å². The third kappa shape index (κ3) is 7.46. The molecule has 0 aliphatic carbocycles. The molecule has 0 radical (unpaired) electrons. The Bertz CT molecular complexity index is 104. The van der Waals surface area contributed by atoms with Crippen LogP contribution in [0.3, 0.4) is 0 Å². The molecule has 0 aromatic carbocycles. The van der Waals surface area contributed by atoms with Crippen LogP contribution in [0.4, 0.5) is 0 Å². The molecule has 0 aliphatic rings. The second-order valence-corrected chi connectivity index (χ2v) is 3.09. The lowest BCUT2D eigenvalue weighted by atomic mass is 10.1. The minimum Gasteiger partial charge on any atom is -0.393 e. The van der Waals surface area contributed by atoms with Gasteiger partial charge in [-0.1, -0.05) is 18.0 Å². The molecular formula is C8H17NO2. The number of rotatable bonds is 6. The van der Waals surface area contributed by atoms with Gasteiger partial charge < -0.3 is 5.11 Å². The Morgan fingerprint density at radius 3 is 2.27 bits per heavy atom. The zero-order valence-corrected chi connectivity index (χ0v) is 7.29. The zero-order valence-electron chi connectivity index (χ0n) is 7.29. The van der Waals surface area contributed by atoms with E-state index in [0.29, 0.717) is 0 Å². The molecule has 0 rings (SSSR count). The topological polar surface area (TPSA) is 49.7 Å². The molecule has 0 aliphatic heterocycles. The van der Waals surface area contributed by atoms with Crippen LogP contribution in [0.2, 0.25) is 0 Å². The van der Waals surface area contributed by atoms with E-state index in [9.17, 15) is 4.91 Å². The highest BCUT2D eigenvalue weighted by atomic mass is 16.3. The van der Waals surface area contributed by atoms with E-state index in [1.54, 1.807) is 6.92 Å². The van der Waals surface area contributed by atoms with E-state index in [4.69, 9.17) is 5.11 Å².